The number of nitrogens with zero attached hydrogens (tertiary/aromatic N) is 1. The SMILES string of the molecule is CCOC(=O)c1c(NC(=O)c2ccc(OC)c(S(=O)(=O)N3CCCC3)c2)sc(C)c1C. The van der Waals surface area contributed by atoms with Crippen LogP contribution < -0.4 is 10.1 Å². The van der Waals surface area contributed by atoms with E-state index in [-0.39, 0.29) is 22.8 Å². The topological polar surface area (TPSA) is 102 Å². The van der Waals surface area contributed by atoms with Gasteiger partial charge in [0.25, 0.3) is 5.91 Å². The van der Waals surface area contributed by atoms with E-state index in [1.54, 1.807) is 13.8 Å². The van der Waals surface area contributed by atoms with Gasteiger partial charge in [0.05, 0.1) is 19.3 Å². The number of aryl methyl sites for hydroxylation is 1. The van der Waals surface area contributed by atoms with Gasteiger partial charge in [-0.25, -0.2) is 13.2 Å². The number of esters is 1. The largest absolute Gasteiger partial charge is 0.495 e. The second-order valence-electron chi connectivity index (χ2n) is 7.14. The highest BCUT2D eigenvalue weighted by molar-refractivity contribution is 7.89. The van der Waals surface area contributed by atoms with Crippen molar-refractivity contribution in [3.63, 3.8) is 0 Å². The van der Waals surface area contributed by atoms with E-state index in [0.29, 0.717) is 23.7 Å². The minimum atomic E-state index is -3.79. The van der Waals surface area contributed by atoms with E-state index in [1.807, 2.05) is 6.92 Å². The summed E-state index contributed by atoms with van der Waals surface area (Å²) < 4.78 is 37.9. The van der Waals surface area contributed by atoms with Crippen molar-refractivity contribution in [2.24, 2.45) is 0 Å². The molecule has 0 spiro atoms. The van der Waals surface area contributed by atoms with Gasteiger partial charge in [0.2, 0.25) is 10.0 Å². The first-order valence-corrected chi connectivity index (χ1v) is 12.2. The fourth-order valence-corrected chi connectivity index (χ4v) is 6.17. The molecule has 1 N–H and O–H groups in total. The maximum absolute atomic E-state index is 13.1. The van der Waals surface area contributed by atoms with Crippen molar-refractivity contribution in [2.45, 2.75) is 38.5 Å². The molecule has 1 saturated heterocycles. The molecule has 0 radical (unpaired) electrons. The van der Waals surface area contributed by atoms with Crippen LogP contribution in [0.3, 0.4) is 0 Å². The first-order valence-electron chi connectivity index (χ1n) is 9.97. The van der Waals surface area contributed by atoms with Crippen molar-refractivity contribution >= 4 is 38.2 Å². The summed E-state index contributed by atoms with van der Waals surface area (Å²) in [4.78, 5) is 26.2. The Bertz CT molecular complexity index is 1100. The summed E-state index contributed by atoms with van der Waals surface area (Å²) in [6.07, 6.45) is 1.60. The number of anilines is 1. The van der Waals surface area contributed by atoms with Crippen LogP contribution in [0.1, 0.15) is 50.9 Å². The number of hydrogen-bond acceptors (Lipinski definition) is 7. The zero-order chi connectivity index (χ0) is 22.8. The predicted molar refractivity (Wildman–Crippen MR) is 119 cm³/mol. The van der Waals surface area contributed by atoms with Crippen LogP contribution >= 0.6 is 11.3 Å². The van der Waals surface area contributed by atoms with E-state index >= 15 is 0 Å². The number of ether oxygens (including phenoxy) is 2. The Labute approximate surface area is 186 Å². The molecule has 10 heteroatoms. The summed E-state index contributed by atoms with van der Waals surface area (Å²) in [5.74, 6) is -0.850. The fourth-order valence-electron chi connectivity index (χ4n) is 3.43. The summed E-state index contributed by atoms with van der Waals surface area (Å²) in [6.45, 7) is 6.46. The van der Waals surface area contributed by atoms with Gasteiger partial charge >= 0.3 is 5.97 Å². The third kappa shape index (κ3) is 4.60. The smallest absolute Gasteiger partial charge is 0.341 e. The third-order valence-electron chi connectivity index (χ3n) is 5.20. The normalized spacial score (nSPS) is 14.5. The predicted octanol–water partition coefficient (Wildman–Crippen LogP) is 3.59. The number of methoxy groups -OCH3 is 1. The Morgan fingerprint density at radius 3 is 2.48 bits per heavy atom. The van der Waals surface area contributed by atoms with Crippen LogP contribution in [0, 0.1) is 13.8 Å². The lowest BCUT2D eigenvalue weighted by atomic mass is 10.1. The number of thiophene rings is 1. The van der Waals surface area contributed by atoms with Crippen LogP contribution in [-0.4, -0.2) is 51.4 Å². The van der Waals surface area contributed by atoms with Crippen LogP contribution in [0.2, 0.25) is 0 Å². The van der Waals surface area contributed by atoms with Crippen molar-refractivity contribution < 1.29 is 27.5 Å². The summed E-state index contributed by atoms with van der Waals surface area (Å²) in [7, 11) is -2.40. The average Bonchev–Trinajstić information content (AvgIpc) is 3.37. The molecule has 1 aromatic heterocycles. The fraction of sp³-hybridized carbons (Fsp3) is 0.429. The zero-order valence-corrected chi connectivity index (χ0v) is 19.6. The summed E-state index contributed by atoms with van der Waals surface area (Å²) in [6, 6.07) is 4.28. The number of carbonyl (C=O) groups excluding carboxylic acids is 2. The zero-order valence-electron chi connectivity index (χ0n) is 18.0. The van der Waals surface area contributed by atoms with Crippen molar-refractivity contribution in [3.05, 3.63) is 39.8 Å². The van der Waals surface area contributed by atoms with Crippen molar-refractivity contribution in [2.75, 3.05) is 32.1 Å². The second kappa shape index (κ2) is 9.37. The first kappa shape index (κ1) is 23.2. The first-order chi connectivity index (χ1) is 14.7. The molecule has 1 aliphatic rings. The van der Waals surface area contributed by atoms with E-state index in [9.17, 15) is 18.0 Å². The average molecular weight is 467 g/mol. The molecule has 2 aromatic rings. The monoisotopic (exact) mass is 466 g/mol. The van der Waals surface area contributed by atoms with Gasteiger partial charge in [0.1, 0.15) is 15.6 Å². The lowest BCUT2D eigenvalue weighted by Gasteiger charge is -2.18. The lowest BCUT2D eigenvalue weighted by Crippen LogP contribution is -2.28. The maximum atomic E-state index is 13.1. The van der Waals surface area contributed by atoms with E-state index in [0.717, 1.165) is 23.3 Å². The second-order valence-corrected chi connectivity index (χ2v) is 10.3. The van der Waals surface area contributed by atoms with Gasteiger partial charge in [0.15, 0.2) is 0 Å². The Hall–Kier alpha value is -2.43. The van der Waals surface area contributed by atoms with Gasteiger partial charge in [-0.15, -0.1) is 11.3 Å². The number of hydrogen-bond donors (Lipinski definition) is 1. The van der Waals surface area contributed by atoms with Crippen molar-refractivity contribution in [1.82, 2.24) is 4.31 Å². The van der Waals surface area contributed by atoms with Gasteiger partial charge in [-0.05, 0) is 57.4 Å². The number of carbonyl (C=O) groups is 2. The summed E-state index contributed by atoms with van der Waals surface area (Å²) in [5.41, 5.74) is 1.21. The lowest BCUT2D eigenvalue weighted by molar-refractivity contribution is 0.0527. The Morgan fingerprint density at radius 1 is 1.19 bits per heavy atom. The van der Waals surface area contributed by atoms with Crippen LogP contribution in [-0.2, 0) is 14.8 Å². The van der Waals surface area contributed by atoms with Gasteiger partial charge < -0.3 is 14.8 Å². The molecule has 1 fully saturated rings. The molecule has 0 bridgehead atoms. The van der Waals surface area contributed by atoms with Crippen molar-refractivity contribution in [1.29, 1.82) is 0 Å². The molecule has 0 atom stereocenters. The molecule has 1 amide bonds. The van der Waals surface area contributed by atoms with Crippen LogP contribution in [0.4, 0.5) is 5.00 Å². The highest BCUT2D eigenvalue weighted by Crippen LogP contribution is 2.34. The molecular weight excluding hydrogens is 440 g/mol. The molecule has 2 heterocycles. The quantitative estimate of drug-likeness (QED) is 0.626. The molecule has 0 saturated carbocycles. The van der Waals surface area contributed by atoms with E-state index in [4.69, 9.17) is 9.47 Å². The number of rotatable bonds is 7. The van der Waals surface area contributed by atoms with Gasteiger partial charge in [-0.2, -0.15) is 4.31 Å². The standard InChI is InChI=1S/C21H26N2O6S2/c1-5-29-21(25)18-13(2)14(3)30-20(18)22-19(24)15-8-9-16(28-4)17(12-15)31(26,27)23-10-6-7-11-23/h8-9,12H,5-7,10-11H2,1-4H3,(H,22,24). The number of nitrogens with one attached hydrogen (secondary N) is 1. The summed E-state index contributed by atoms with van der Waals surface area (Å²) in [5, 5.41) is 3.12. The van der Waals surface area contributed by atoms with Gasteiger partial charge in [0, 0.05) is 23.5 Å². The number of amides is 1. The van der Waals surface area contributed by atoms with Gasteiger partial charge in [-0.1, -0.05) is 0 Å². The Morgan fingerprint density at radius 2 is 1.87 bits per heavy atom. The minimum Gasteiger partial charge on any atom is -0.495 e. The highest BCUT2D eigenvalue weighted by Gasteiger charge is 2.31. The molecule has 0 aliphatic carbocycles. The van der Waals surface area contributed by atoms with Gasteiger partial charge in [-0.3, -0.25) is 4.79 Å². The number of sulfonamides is 1. The van der Waals surface area contributed by atoms with Crippen LogP contribution in [0.25, 0.3) is 0 Å². The molecule has 168 valence electrons. The van der Waals surface area contributed by atoms with E-state index in [2.05, 4.69) is 5.32 Å². The molecule has 3 rings (SSSR count). The molecule has 8 nitrogen and oxygen atoms in total. The number of benzene rings is 1. The molecule has 1 aliphatic heterocycles. The Kier molecular flexibility index (Phi) is 7.03. The molecule has 0 unspecified atom stereocenters. The Balaban J connectivity index is 1.95. The summed E-state index contributed by atoms with van der Waals surface area (Å²) >= 11 is 1.27. The molecular formula is C21H26N2O6S2. The minimum absolute atomic E-state index is 0.0475. The van der Waals surface area contributed by atoms with E-state index < -0.39 is 21.9 Å². The maximum Gasteiger partial charge on any atom is 0.341 e. The molecule has 31 heavy (non-hydrogen) atoms. The third-order valence-corrected chi connectivity index (χ3v) is 8.24. The highest BCUT2D eigenvalue weighted by atomic mass is 32.2. The van der Waals surface area contributed by atoms with Crippen LogP contribution in [0.5, 0.6) is 5.75 Å². The van der Waals surface area contributed by atoms with Crippen molar-refractivity contribution in [3.8, 4) is 5.75 Å². The molecule has 1 aromatic carbocycles. The van der Waals surface area contributed by atoms with E-state index in [1.165, 1.54) is 41.0 Å². The van der Waals surface area contributed by atoms with Crippen LogP contribution in [0.15, 0.2) is 23.1 Å².